The summed E-state index contributed by atoms with van der Waals surface area (Å²) in [5.41, 5.74) is 4.38. The highest BCUT2D eigenvalue weighted by molar-refractivity contribution is 7.91. The maximum absolute atomic E-state index is 12.0. The second-order valence-electron chi connectivity index (χ2n) is 11.4. The molecule has 1 atom stereocenters. The summed E-state index contributed by atoms with van der Waals surface area (Å²) in [7, 11) is -2.98. The normalized spacial score (nSPS) is 27.8. The third-order valence-corrected chi connectivity index (χ3v) is 10.7. The number of hydrogen-bond acceptors (Lipinski definition) is 8. The van der Waals surface area contributed by atoms with Crippen LogP contribution in [-0.2, 0) is 9.84 Å². The smallest absolute Gasteiger partial charge is 0.153 e. The number of rotatable bonds is 3. The number of nitrogens with zero attached hydrogens (tertiary/aromatic N) is 3. The van der Waals surface area contributed by atoms with Gasteiger partial charge in [0, 0.05) is 13.1 Å². The van der Waals surface area contributed by atoms with Gasteiger partial charge in [-0.2, -0.15) is 0 Å². The summed E-state index contributed by atoms with van der Waals surface area (Å²) in [6, 6.07) is 4.59. The van der Waals surface area contributed by atoms with Gasteiger partial charge < -0.3 is 20.3 Å². The predicted molar refractivity (Wildman–Crippen MR) is 147 cm³/mol. The minimum absolute atomic E-state index is 0.150. The highest BCUT2D eigenvalue weighted by Crippen LogP contribution is 2.46. The topological polar surface area (TPSA) is 96.4 Å². The first-order valence-corrected chi connectivity index (χ1v) is 15.8. The minimum atomic E-state index is -2.98. The highest BCUT2D eigenvalue weighted by atomic mass is 32.2. The fraction of sp³-hybridized carbons (Fsp3) is 0.643. The van der Waals surface area contributed by atoms with Crippen LogP contribution in [0.4, 0.5) is 17.3 Å². The fourth-order valence-corrected chi connectivity index (χ4v) is 8.13. The predicted octanol–water partition coefficient (Wildman–Crippen LogP) is 4.49. The summed E-state index contributed by atoms with van der Waals surface area (Å²) in [5.74, 6) is 5.04. The first kappa shape index (κ1) is 24.9. The number of benzene rings is 1. The molecule has 2 saturated heterocycles. The Bertz CT molecular complexity index is 1240. The van der Waals surface area contributed by atoms with Crippen LogP contribution in [0.3, 0.4) is 0 Å². The third kappa shape index (κ3) is 5.04. The number of hydrogen-bond donors (Lipinski definition) is 2. The Morgan fingerprint density at radius 1 is 0.973 bits per heavy atom. The molecule has 1 aromatic carbocycles. The van der Waals surface area contributed by atoms with Crippen LogP contribution in [0.15, 0.2) is 18.5 Å². The summed E-state index contributed by atoms with van der Waals surface area (Å²) in [4.78, 5) is 11.2. The van der Waals surface area contributed by atoms with Crippen LogP contribution in [0.1, 0.15) is 74.2 Å². The first-order valence-electron chi connectivity index (χ1n) is 14.0. The lowest BCUT2D eigenvalue weighted by Gasteiger charge is -2.36. The van der Waals surface area contributed by atoms with Crippen LogP contribution in [0.5, 0.6) is 5.75 Å². The Hall–Kier alpha value is -2.39. The van der Waals surface area contributed by atoms with Crippen LogP contribution in [0, 0.1) is 18.8 Å². The fourth-order valence-electron chi connectivity index (χ4n) is 6.93. The number of nitrogens with one attached hydrogen (secondary N) is 2. The van der Waals surface area contributed by atoms with Crippen LogP contribution in [0.25, 0.3) is 0 Å². The minimum Gasteiger partial charge on any atom is -0.483 e. The van der Waals surface area contributed by atoms with Crippen molar-refractivity contribution in [1.29, 1.82) is 0 Å². The average Bonchev–Trinajstić information content (AvgIpc) is 3.05. The standard InChI is InChI=1S/C28H39N5O3S/c1-18-15-23(21-5-3-20(4-6-21)22-7-9-29-10-8-22)16-24-26(18)36-19(2)25-27(32-24)30-17-31-28(25)33-11-13-37(34,35)14-12-33/h15-17,19-22,29H,3-14H2,1-2H3,(H,30,31,32)/t19-,20?,21?/m1/s1. The summed E-state index contributed by atoms with van der Waals surface area (Å²) < 4.78 is 30.5. The van der Waals surface area contributed by atoms with Gasteiger partial charge in [-0.15, -0.1) is 0 Å². The molecule has 1 aliphatic carbocycles. The molecule has 3 fully saturated rings. The molecule has 2 aromatic rings. The number of ether oxygens (including phenoxy) is 1. The monoisotopic (exact) mass is 525 g/mol. The number of fused-ring (bicyclic) bond motifs is 2. The second kappa shape index (κ2) is 10.1. The Kier molecular flexibility index (Phi) is 6.77. The summed E-state index contributed by atoms with van der Waals surface area (Å²) in [5, 5.41) is 7.09. The van der Waals surface area contributed by atoms with Gasteiger partial charge in [0.05, 0.1) is 22.8 Å². The Morgan fingerprint density at radius 2 is 1.68 bits per heavy atom. The van der Waals surface area contributed by atoms with Gasteiger partial charge in [-0.1, -0.05) is 6.07 Å². The van der Waals surface area contributed by atoms with Crippen molar-refractivity contribution in [2.24, 2.45) is 11.8 Å². The van der Waals surface area contributed by atoms with E-state index in [9.17, 15) is 8.42 Å². The van der Waals surface area contributed by atoms with Crippen molar-refractivity contribution in [3.05, 3.63) is 35.2 Å². The molecule has 8 nitrogen and oxygen atoms in total. The zero-order valence-electron chi connectivity index (χ0n) is 22.0. The average molecular weight is 526 g/mol. The van der Waals surface area contributed by atoms with Crippen molar-refractivity contribution in [2.45, 2.75) is 64.4 Å². The van der Waals surface area contributed by atoms with Crippen molar-refractivity contribution in [1.82, 2.24) is 15.3 Å². The molecule has 4 heterocycles. The maximum atomic E-state index is 12.0. The van der Waals surface area contributed by atoms with Gasteiger partial charge in [0.1, 0.15) is 29.8 Å². The Labute approximate surface area is 220 Å². The van der Waals surface area contributed by atoms with Crippen molar-refractivity contribution in [3.8, 4) is 5.75 Å². The van der Waals surface area contributed by atoms with Gasteiger partial charge in [-0.05, 0) is 100 Å². The van der Waals surface area contributed by atoms with Gasteiger partial charge in [0.2, 0.25) is 0 Å². The van der Waals surface area contributed by atoms with Crippen LogP contribution >= 0.6 is 0 Å². The van der Waals surface area contributed by atoms with Crippen molar-refractivity contribution in [2.75, 3.05) is 47.9 Å². The number of sulfone groups is 1. The van der Waals surface area contributed by atoms with Gasteiger partial charge in [-0.25, -0.2) is 18.4 Å². The van der Waals surface area contributed by atoms with Crippen molar-refractivity contribution < 1.29 is 13.2 Å². The Balaban J connectivity index is 1.24. The van der Waals surface area contributed by atoms with E-state index < -0.39 is 9.84 Å². The number of aromatic nitrogens is 2. The van der Waals surface area contributed by atoms with E-state index >= 15 is 0 Å². The molecule has 0 radical (unpaired) electrons. The van der Waals surface area contributed by atoms with Crippen LogP contribution in [-0.4, -0.2) is 56.1 Å². The molecular weight excluding hydrogens is 486 g/mol. The van der Waals surface area contributed by atoms with E-state index in [0.29, 0.717) is 19.0 Å². The van der Waals surface area contributed by atoms with E-state index in [-0.39, 0.29) is 17.6 Å². The lowest BCUT2D eigenvalue weighted by molar-refractivity contribution is 0.193. The molecule has 1 aromatic heterocycles. The largest absolute Gasteiger partial charge is 0.483 e. The van der Waals surface area contributed by atoms with Crippen LogP contribution in [0.2, 0.25) is 0 Å². The van der Waals surface area contributed by atoms with E-state index in [0.717, 1.165) is 46.0 Å². The summed E-state index contributed by atoms with van der Waals surface area (Å²) in [6.45, 7) is 7.40. The SMILES string of the molecule is Cc1cc(C2CCC(C3CCNCC3)CC2)cc2c1O[C@H](C)c1c(ncnc1N1CCS(=O)(=O)CC1)N2. The quantitative estimate of drug-likeness (QED) is 0.605. The Morgan fingerprint density at radius 3 is 2.41 bits per heavy atom. The number of aryl methyl sites for hydroxylation is 1. The molecule has 0 unspecified atom stereocenters. The molecule has 1 saturated carbocycles. The van der Waals surface area contributed by atoms with E-state index in [1.54, 1.807) is 6.33 Å². The zero-order chi connectivity index (χ0) is 25.6. The van der Waals surface area contributed by atoms with E-state index in [2.05, 4.69) is 44.6 Å². The van der Waals surface area contributed by atoms with Gasteiger partial charge in [-0.3, -0.25) is 0 Å². The number of anilines is 3. The van der Waals surface area contributed by atoms with E-state index in [4.69, 9.17) is 4.74 Å². The van der Waals surface area contributed by atoms with Gasteiger partial charge in [0.15, 0.2) is 9.84 Å². The molecule has 200 valence electrons. The van der Waals surface area contributed by atoms with Crippen molar-refractivity contribution >= 4 is 27.2 Å². The zero-order valence-corrected chi connectivity index (χ0v) is 22.8. The van der Waals surface area contributed by atoms with Crippen molar-refractivity contribution in [3.63, 3.8) is 0 Å². The summed E-state index contributed by atoms with van der Waals surface area (Å²) >= 11 is 0. The van der Waals surface area contributed by atoms with Gasteiger partial charge >= 0.3 is 0 Å². The molecule has 0 spiro atoms. The first-order chi connectivity index (χ1) is 17.9. The molecule has 9 heteroatoms. The second-order valence-corrected chi connectivity index (χ2v) is 13.7. The number of piperidine rings is 1. The molecule has 37 heavy (non-hydrogen) atoms. The molecule has 3 aliphatic heterocycles. The molecule has 0 bridgehead atoms. The van der Waals surface area contributed by atoms with E-state index in [1.165, 1.54) is 57.2 Å². The van der Waals surface area contributed by atoms with Gasteiger partial charge in [0.25, 0.3) is 0 Å². The highest BCUT2D eigenvalue weighted by Gasteiger charge is 2.33. The maximum Gasteiger partial charge on any atom is 0.153 e. The summed E-state index contributed by atoms with van der Waals surface area (Å²) in [6.07, 6.45) is 9.15. The molecule has 6 rings (SSSR count). The third-order valence-electron chi connectivity index (χ3n) is 9.05. The molecule has 2 N–H and O–H groups in total. The molecular formula is C28H39N5O3S. The molecule has 4 aliphatic rings. The lowest BCUT2D eigenvalue weighted by atomic mass is 9.71. The van der Waals surface area contributed by atoms with Crippen LogP contribution < -0.4 is 20.3 Å². The lowest BCUT2D eigenvalue weighted by Crippen LogP contribution is -2.41. The van der Waals surface area contributed by atoms with E-state index in [1.807, 2.05) is 6.92 Å². The molecule has 0 amide bonds.